The first-order chi connectivity index (χ1) is 17.9. The zero-order chi connectivity index (χ0) is 25.6. The van der Waals surface area contributed by atoms with Gasteiger partial charge in [-0.15, -0.1) is 10.2 Å². The summed E-state index contributed by atoms with van der Waals surface area (Å²) < 4.78 is 45.2. The number of aromatic nitrogens is 3. The van der Waals surface area contributed by atoms with E-state index in [4.69, 9.17) is 14.2 Å². The lowest BCUT2D eigenvalue weighted by Gasteiger charge is -2.26. The molecule has 0 atom stereocenters. The van der Waals surface area contributed by atoms with Crippen molar-refractivity contribution in [2.75, 3.05) is 44.2 Å². The molecule has 2 aromatic carbocycles. The molecule has 4 heterocycles. The normalized spacial score (nSPS) is 15.9. The number of carbonyl (C=O) groups is 1. The van der Waals surface area contributed by atoms with Crippen molar-refractivity contribution < 1.29 is 27.4 Å². The molecule has 11 nitrogen and oxygen atoms in total. The second-order valence-corrected chi connectivity index (χ2v) is 11.5. The lowest BCUT2D eigenvalue weighted by molar-refractivity contribution is -0.113. The van der Waals surface area contributed by atoms with Crippen LogP contribution in [0.25, 0.3) is 16.6 Å². The van der Waals surface area contributed by atoms with Crippen molar-refractivity contribution in [2.45, 2.75) is 17.0 Å². The summed E-state index contributed by atoms with van der Waals surface area (Å²) in [5.74, 6) is 1.19. The first-order valence-electron chi connectivity index (χ1n) is 11.6. The van der Waals surface area contributed by atoms with Crippen molar-refractivity contribution in [3.63, 3.8) is 0 Å². The number of hydrogen-bond donors (Lipinski definition) is 1. The predicted octanol–water partition coefficient (Wildman–Crippen LogP) is 2.67. The molecule has 0 spiro atoms. The molecule has 1 amide bonds. The van der Waals surface area contributed by atoms with Gasteiger partial charge in [-0.25, -0.2) is 8.42 Å². The molecular weight excluding hydrogens is 518 g/mol. The minimum atomic E-state index is -3.59. The molecule has 0 bridgehead atoms. The Morgan fingerprint density at radius 1 is 1.05 bits per heavy atom. The van der Waals surface area contributed by atoms with Crippen LogP contribution in [0.1, 0.15) is 5.56 Å². The van der Waals surface area contributed by atoms with Crippen LogP contribution in [0.5, 0.6) is 11.5 Å². The van der Waals surface area contributed by atoms with Crippen LogP contribution in [-0.4, -0.2) is 72.1 Å². The van der Waals surface area contributed by atoms with E-state index >= 15 is 0 Å². The lowest BCUT2D eigenvalue weighted by atomic mass is 10.1. The van der Waals surface area contributed by atoms with Crippen LogP contribution in [-0.2, 0) is 19.6 Å². The predicted molar refractivity (Wildman–Crippen MR) is 137 cm³/mol. The molecule has 1 N–H and O–H groups in total. The van der Waals surface area contributed by atoms with Gasteiger partial charge in [0.05, 0.1) is 29.4 Å². The van der Waals surface area contributed by atoms with Crippen molar-refractivity contribution in [3.05, 3.63) is 48.0 Å². The van der Waals surface area contributed by atoms with Gasteiger partial charge < -0.3 is 19.5 Å². The molecule has 2 aliphatic rings. The van der Waals surface area contributed by atoms with E-state index in [0.717, 1.165) is 16.5 Å². The zero-order valence-electron chi connectivity index (χ0n) is 19.8. The maximum Gasteiger partial charge on any atom is 0.243 e. The molecule has 0 radical (unpaired) electrons. The number of sulfonamides is 1. The number of fused-ring (bicyclic) bond motifs is 4. The van der Waals surface area contributed by atoms with Crippen molar-refractivity contribution >= 4 is 49.9 Å². The maximum absolute atomic E-state index is 12.8. The van der Waals surface area contributed by atoms with Crippen LogP contribution < -0.4 is 14.8 Å². The van der Waals surface area contributed by atoms with Crippen LogP contribution in [0.2, 0.25) is 0 Å². The number of nitrogens with one attached hydrogen (secondary N) is 1. The number of benzene rings is 2. The van der Waals surface area contributed by atoms with Crippen LogP contribution in [0.4, 0.5) is 5.69 Å². The van der Waals surface area contributed by atoms with E-state index in [-0.39, 0.29) is 23.3 Å². The molecule has 0 aliphatic carbocycles. The highest BCUT2D eigenvalue weighted by atomic mass is 32.2. The van der Waals surface area contributed by atoms with Crippen LogP contribution >= 0.6 is 11.8 Å². The number of aryl methyl sites for hydroxylation is 1. The Bertz CT molecular complexity index is 1610. The van der Waals surface area contributed by atoms with E-state index in [1.165, 1.54) is 28.2 Å². The molecule has 2 aromatic heterocycles. The summed E-state index contributed by atoms with van der Waals surface area (Å²) in [4.78, 5) is 12.9. The van der Waals surface area contributed by atoms with Crippen molar-refractivity contribution in [3.8, 4) is 11.5 Å². The fraction of sp³-hybridized carbons (Fsp3) is 0.292. The quantitative estimate of drug-likeness (QED) is 0.367. The summed E-state index contributed by atoms with van der Waals surface area (Å²) in [6.07, 6.45) is 0. The van der Waals surface area contributed by atoms with Crippen molar-refractivity contribution in [2.24, 2.45) is 0 Å². The Labute approximate surface area is 216 Å². The molecule has 192 valence electrons. The van der Waals surface area contributed by atoms with Gasteiger partial charge in [-0.3, -0.25) is 9.20 Å². The summed E-state index contributed by atoms with van der Waals surface area (Å²) in [6, 6.07) is 12.0. The number of nitrogens with zero attached hydrogens (tertiary/aromatic N) is 4. The smallest absolute Gasteiger partial charge is 0.243 e. The Kier molecular flexibility index (Phi) is 6.15. The average molecular weight is 542 g/mol. The summed E-state index contributed by atoms with van der Waals surface area (Å²) in [6.45, 7) is 3.55. The Morgan fingerprint density at radius 2 is 1.78 bits per heavy atom. The van der Waals surface area contributed by atoms with Gasteiger partial charge in [-0.2, -0.15) is 4.31 Å². The van der Waals surface area contributed by atoms with Crippen LogP contribution in [0, 0.1) is 6.92 Å². The third-order valence-electron chi connectivity index (χ3n) is 6.20. The molecule has 1 fully saturated rings. The second kappa shape index (κ2) is 9.49. The van der Waals surface area contributed by atoms with Crippen LogP contribution in [0.3, 0.4) is 0 Å². The van der Waals surface area contributed by atoms with Gasteiger partial charge in [0.1, 0.15) is 0 Å². The number of rotatable bonds is 6. The highest BCUT2D eigenvalue weighted by molar-refractivity contribution is 7.99. The number of carbonyl (C=O) groups excluding carboxylic acids is 1. The Hall–Kier alpha value is -3.39. The first kappa shape index (κ1) is 24.0. The SMILES string of the molecule is Cc1cc2cc3c(cc2n2c(SCC(=O)Nc4ccc(S(=O)(=O)N5CCOCC5)cc4)nnc12)OCO3. The summed E-state index contributed by atoms with van der Waals surface area (Å²) in [7, 11) is -3.59. The molecular formula is C24H23N5O6S2. The topological polar surface area (TPSA) is 124 Å². The average Bonchev–Trinajstić information content (AvgIpc) is 3.54. The van der Waals surface area contributed by atoms with E-state index in [2.05, 4.69) is 15.5 Å². The number of ether oxygens (including phenoxy) is 3. The third-order valence-corrected chi connectivity index (χ3v) is 9.04. The van der Waals surface area contributed by atoms with E-state index in [0.29, 0.717) is 54.3 Å². The largest absolute Gasteiger partial charge is 0.454 e. The Morgan fingerprint density at radius 3 is 2.54 bits per heavy atom. The number of anilines is 1. The molecule has 13 heteroatoms. The molecule has 1 saturated heterocycles. The minimum Gasteiger partial charge on any atom is -0.454 e. The number of hydrogen-bond acceptors (Lipinski definition) is 9. The molecule has 2 aliphatic heterocycles. The summed E-state index contributed by atoms with van der Waals surface area (Å²) in [5.41, 5.74) is 3.01. The van der Waals surface area contributed by atoms with Crippen molar-refractivity contribution in [1.29, 1.82) is 0 Å². The van der Waals surface area contributed by atoms with Gasteiger partial charge in [-0.05, 0) is 48.9 Å². The molecule has 0 saturated carbocycles. The fourth-order valence-corrected chi connectivity index (χ4v) is 6.52. The van der Waals surface area contributed by atoms with Gasteiger partial charge in [0.2, 0.25) is 22.7 Å². The van der Waals surface area contributed by atoms with E-state index < -0.39 is 10.0 Å². The van der Waals surface area contributed by atoms with Gasteiger partial charge in [0.15, 0.2) is 22.3 Å². The number of thioether (sulfide) groups is 1. The van der Waals surface area contributed by atoms with Crippen LogP contribution in [0.15, 0.2) is 52.5 Å². The molecule has 0 unspecified atom stereocenters. The maximum atomic E-state index is 12.8. The van der Waals surface area contributed by atoms with E-state index in [9.17, 15) is 13.2 Å². The third kappa shape index (κ3) is 4.48. The summed E-state index contributed by atoms with van der Waals surface area (Å²) >= 11 is 1.26. The molecule has 6 rings (SSSR count). The first-order valence-corrected chi connectivity index (χ1v) is 14.0. The summed E-state index contributed by atoms with van der Waals surface area (Å²) in [5, 5.41) is 13.0. The van der Waals surface area contributed by atoms with Crippen molar-refractivity contribution in [1.82, 2.24) is 18.9 Å². The monoisotopic (exact) mass is 541 g/mol. The van der Waals surface area contributed by atoms with Gasteiger partial charge >= 0.3 is 0 Å². The van der Waals surface area contributed by atoms with Gasteiger partial charge in [-0.1, -0.05) is 11.8 Å². The second-order valence-electron chi connectivity index (χ2n) is 8.61. The van der Waals surface area contributed by atoms with Gasteiger partial charge in [0.25, 0.3) is 0 Å². The highest BCUT2D eigenvalue weighted by Crippen LogP contribution is 2.37. The number of pyridine rings is 1. The lowest BCUT2D eigenvalue weighted by Crippen LogP contribution is -2.40. The minimum absolute atomic E-state index is 0.0919. The molecule has 4 aromatic rings. The van der Waals surface area contributed by atoms with E-state index in [1.54, 1.807) is 12.1 Å². The fourth-order valence-electron chi connectivity index (χ4n) is 4.36. The van der Waals surface area contributed by atoms with E-state index in [1.807, 2.05) is 29.5 Å². The zero-order valence-corrected chi connectivity index (χ0v) is 21.5. The van der Waals surface area contributed by atoms with Gasteiger partial charge in [0, 0.05) is 30.2 Å². The highest BCUT2D eigenvalue weighted by Gasteiger charge is 2.26. The Balaban J connectivity index is 1.17. The number of morpholine rings is 1. The number of amides is 1. The molecule has 37 heavy (non-hydrogen) atoms. The standard InChI is InChI=1S/C24H23N5O6S2/c1-15-10-16-11-20-21(35-14-34-20)12-19(16)29-23(15)26-27-24(29)36-13-22(30)25-17-2-4-18(5-3-17)37(31,32)28-6-8-33-9-7-28/h2-5,10-12H,6-9,13-14H2,1H3,(H,25,30).